The first kappa shape index (κ1) is 18.5. The number of aromatic nitrogens is 2. The Labute approximate surface area is 186 Å². The summed E-state index contributed by atoms with van der Waals surface area (Å²) in [5.41, 5.74) is 5.86. The van der Waals surface area contributed by atoms with Crippen molar-refractivity contribution in [1.29, 1.82) is 0 Å². The minimum Gasteiger partial charge on any atom is -0.244 e. The second kappa shape index (κ2) is 7.36. The Morgan fingerprint density at radius 1 is 0.517 bits per heavy atom. The van der Waals surface area contributed by atoms with E-state index in [4.69, 9.17) is 9.97 Å². The Balaban J connectivity index is 2.01. The van der Waals surface area contributed by atoms with Crippen LogP contribution in [0.3, 0.4) is 0 Å². The maximum Gasteiger partial charge on any atom is 0.106 e. The summed E-state index contributed by atoms with van der Waals surface area (Å²) in [7, 11) is 0. The quantitative estimate of drug-likeness (QED) is 0.246. The van der Waals surface area contributed by atoms with Gasteiger partial charge in [0.15, 0.2) is 0 Å². The van der Waals surface area contributed by atoms with Gasteiger partial charge in [0.05, 0.1) is 11.4 Å². The van der Waals surface area contributed by atoms with E-state index >= 15 is 0 Å². The monoisotopic (exact) mass is 502 g/mol. The third kappa shape index (κ3) is 2.98. The van der Waals surface area contributed by atoms with E-state index in [2.05, 4.69) is 105 Å². The fourth-order valence-electron chi connectivity index (χ4n) is 4.21. The van der Waals surface area contributed by atoms with Crippen LogP contribution in [0.2, 0.25) is 0 Å². The topological polar surface area (TPSA) is 25.8 Å². The minimum absolute atomic E-state index is 0.649. The number of halogens is 2. The second-order valence-electron chi connectivity index (χ2n) is 6.95. The van der Waals surface area contributed by atoms with Crippen molar-refractivity contribution in [2.75, 3.05) is 0 Å². The van der Waals surface area contributed by atoms with Gasteiger partial charge in [0.1, 0.15) is 14.6 Å². The zero-order chi connectivity index (χ0) is 19.8. The molecule has 1 aliphatic carbocycles. The molecule has 0 radical (unpaired) electrons. The molecule has 5 rings (SSSR count). The first-order valence-electron chi connectivity index (χ1n) is 9.33. The number of benzene rings is 2. The highest BCUT2D eigenvalue weighted by Gasteiger charge is 2.44. The van der Waals surface area contributed by atoms with Crippen LogP contribution in [0.1, 0.15) is 33.6 Å². The van der Waals surface area contributed by atoms with Crippen molar-refractivity contribution in [3.63, 3.8) is 0 Å². The molecule has 0 N–H and O–H groups in total. The summed E-state index contributed by atoms with van der Waals surface area (Å²) in [5.74, 6) is 0. The van der Waals surface area contributed by atoms with Crippen molar-refractivity contribution < 1.29 is 0 Å². The van der Waals surface area contributed by atoms with Gasteiger partial charge in [-0.3, -0.25) is 0 Å². The molecule has 0 saturated heterocycles. The van der Waals surface area contributed by atoms with Crippen molar-refractivity contribution in [2.24, 2.45) is 0 Å². The lowest BCUT2D eigenvalue weighted by Gasteiger charge is -2.36. The molecule has 0 saturated carbocycles. The third-order valence-corrected chi connectivity index (χ3v) is 6.25. The summed E-state index contributed by atoms with van der Waals surface area (Å²) in [5, 5.41) is 0. The van der Waals surface area contributed by atoms with E-state index in [-0.39, 0.29) is 0 Å². The van der Waals surface area contributed by atoms with Crippen LogP contribution >= 0.6 is 31.9 Å². The number of fused-ring (bicyclic) bond motifs is 2. The highest BCUT2D eigenvalue weighted by atomic mass is 79.9. The Kier molecular flexibility index (Phi) is 4.69. The van der Waals surface area contributed by atoms with Gasteiger partial charge in [0.25, 0.3) is 0 Å². The van der Waals surface area contributed by atoms with Gasteiger partial charge in [0.2, 0.25) is 0 Å². The van der Waals surface area contributed by atoms with E-state index in [9.17, 15) is 0 Å². The lowest BCUT2D eigenvalue weighted by Crippen LogP contribution is -2.34. The van der Waals surface area contributed by atoms with Crippen LogP contribution in [0.5, 0.6) is 0 Å². The summed E-state index contributed by atoms with van der Waals surface area (Å²) in [6, 6.07) is 29.2. The number of pyridine rings is 2. The van der Waals surface area contributed by atoms with Gasteiger partial charge in [-0.15, -0.1) is 0 Å². The van der Waals surface area contributed by atoms with Crippen LogP contribution in [0.4, 0.5) is 0 Å². The lowest BCUT2D eigenvalue weighted by molar-refractivity contribution is 0.682. The summed E-state index contributed by atoms with van der Waals surface area (Å²) < 4.78 is 1.60. The lowest BCUT2D eigenvalue weighted by atomic mass is 9.67. The maximum absolute atomic E-state index is 4.95. The standard InChI is InChI=1S/C25H16Br2N2/c26-23-13-5-11-21(28-23)25(22-12-6-14-24(27)29-22)19-9-3-1-7-17(19)15-16-18-8-2-4-10-20(18)25/h1-16H. The molecule has 0 aliphatic heterocycles. The van der Waals surface area contributed by atoms with Crippen molar-refractivity contribution in [2.45, 2.75) is 5.41 Å². The highest BCUT2D eigenvalue weighted by molar-refractivity contribution is 9.10. The van der Waals surface area contributed by atoms with E-state index in [1.54, 1.807) is 0 Å². The molecule has 2 aromatic heterocycles. The third-order valence-electron chi connectivity index (χ3n) is 5.37. The molecule has 2 aromatic carbocycles. The molecule has 4 aromatic rings. The summed E-state index contributed by atoms with van der Waals surface area (Å²) in [6.45, 7) is 0. The number of hydrogen-bond donors (Lipinski definition) is 0. The highest BCUT2D eigenvalue weighted by Crippen LogP contribution is 2.48. The van der Waals surface area contributed by atoms with Gasteiger partial charge in [-0.25, -0.2) is 9.97 Å². The summed E-state index contributed by atoms with van der Waals surface area (Å²) in [6.07, 6.45) is 4.37. The number of rotatable bonds is 2. The smallest absolute Gasteiger partial charge is 0.106 e. The zero-order valence-corrected chi connectivity index (χ0v) is 18.6. The van der Waals surface area contributed by atoms with E-state index < -0.39 is 5.41 Å². The van der Waals surface area contributed by atoms with Crippen molar-refractivity contribution >= 4 is 44.0 Å². The molecule has 2 nitrogen and oxygen atoms in total. The van der Waals surface area contributed by atoms with Crippen LogP contribution in [0.25, 0.3) is 12.2 Å². The van der Waals surface area contributed by atoms with E-state index in [0.29, 0.717) is 0 Å². The van der Waals surface area contributed by atoms with Gasteiger partial charge < -0.3 is 0 Å². The predicted octanol–water partition coefficient (Wildman–Crippen LogP) is 6.87. The maximum atomic E-state index is 4.95. The predicted molar refractivity (Wildman–Crippen MR) is 125 cm³/mol. The molecule has 0 amide bonds. The molecule has 0 atom stereocenters. The number of nitrogens with zero attached hydrogens (tertiary/aromatic N) is 2. The van der Waals surface area contributed by atoms with Crippen molar-refractivity contribution in [3.8, 4) is 0 Å². The normalized spacial score (nSPS) is 14.0. The fourth-order valence-corrected chi connectivity index (χ4v) is 4.90. The minimum atomic E-state index is -0.649. The second-order valence-corrected chi connectivity index (χ2v) is 8.57. The Morgan fingerprint density at radius 3 is 1.41 bits per heavy atom. The Bertz CT molecular complexity index is 1150. The number of hydrogen-bond acceptors (Lipinski definition) is 2. The average molecular weight is 504 g/mol. The van der Waals surface area contributed by atoms with Crippen LogP contribution in [-0.4, -0.2) is 9.97 Å². The van der Waals surface area contributed by atoms with Crippen molar-refractivity contribution in [1.82, 2.24) is 9.97 Å². The van der Waals surface area contributed by atoms with Crippen LogP contribution in [0, 0.1) is 0 Å². The average Bonchev–Trinajstić information content (AvgIpc) is 2.89. The Morgan fingerprint density at radius 2 is 0.966 bits per heavy atom. The molecule has 0 fully saturated rings. The van der Waals surface area contributed by atoms with Gasteiger partial charge >= 0.3 is 0 Å². The van der Waals surface area contributed by atoms with Crippen LogP contribution < -0.4 is 0 Å². The van der Waals surface area contributed by atoms with Crippen molar-refractivity contribution in [3.05, 3.63) is 128 Å². The molecule has 0 bridgehead atoms. The van der Waals surface area contributed by atoms with E-state index in [1.807, 2.05) is 24.3 Å². The molecular weight excluding hydrogens is 488 g/mol. The summed E-state index contributed by atoms with van der Waals surface area (Å²) in [4.78, 5) is 9.90. The molecule has 0 unspecified atom stereocenters. The van der Waals surface area contributed by atoms with Crippen LogP contribution in [0.15, 0.2) is 94.1 Å². The van der Waals surface area contributed by atoms with Gasteiger partial charge in [-0.05, 0) is 78.4 Å². The van der Waals surface area contributed by atoms with Gasteiger partial charge in [-0.2, -0.15) is 0 Å². The molecule has 2 heterocycles. The SMILES string of the molecule is Brc1cccc(C2(c3cccc(Br)n3)c3ccccc3C=Cc3ccccc32)n1. The molecule has 29 heavy (non-hydrogen) atoms. The zero-order valence-electron chi connectivity index (χ0n) is 15.4. The van der Waals surface area contributed by atoms with Gasteiger partial charge in [0, 0.05) is 0 Å². The molecule has 4 heteroatoms. The van der Waals surface area contributed by atoms with Gasteiger partial charge in [-0.1, -0.05) is 72.8 Å². The first-order valence-corrected chi connectivity index (χ1v) is 10.9. The van der Waals surface area contributed by atoms with Crippen LogP contribution in [-0.2, 0) is 5.41 Å². The first-order chi connectivity index (χ1) is 14.2. The fraction of sp³-hybridized carbons (Fsp3) is 0.0400. The Hall–Kier alpha value is -2.56. The largest absolute Gasteiger partial charge is 0.244 e. The molecule has 140 valence electrons. The summed E-state index contributed by atoms with van der Waals surface area (Å²) >= 11 is 7.17. The molecular formula is C25H16Br2N2. The van der Waals surface area contributed by atoms with E-state index in [0.717, 1.165) is 42.8 Å². The molecule has 1 aliphatic rings. The van der Waals surface area contributed by atoms with E-state index in [1.165, 1.54) is 0 Å². The molecule has 0 spiro atoms.